The summed E-state index contributed by atoms with van der Waals surface area (Å²) >= 11 is 0. The van der Waals surface area contributed by atoms with Gasteiger partial charge in [-0.05, 0) is 50.2 Å². The topological polar surface area (TPSA) is 128 Å². The van der Waals surface area contributed by atoms with Gasteiger partial charge < -0.3 is 19.8 Å². The van der Waals surface area contributed by atoms with E-state index < -0.39 is 33.6 Å². The second kappa shape index (κ2) is 11.0. The number of hydrogen-bond acceptors (Lipinski definition) is 8. The average molecular weight is 492 g/mol. The summed E-state index contributed by atoms with van der Waals surface area (Å²) in [5, 5.41) is 6.03. The number of oxazole rings is 1. The number of nitrogens with one attached hydrogen (secondary N) is 2. The molecule has 9 nitrogen and oxygen atoms in total. The molecule has 4 rings (SSSR count). The largest absolute Gasteiger partial charge is 0.434 e. The lowest BCUT2D eigenvalue weighted by molar-refractivity contribution is -0.123. The van der Waals surface area contributed by atoms with E-state index in [1.165, 1.54) is 0 Å². The maximum Gasteiger partial charge on any atom is 0.266 e. The Kier molecular flexibility index (Phi) is 8.00. The second-order valence-corrected chi connectivity index (χ2v) is 11.5. The van der Waals surface area contributed by atoms with Gasteiger partial charge in [-0.3, -0.25) is 9.59 Å². The Morgan fingerprint density at radius 3 is 2.53 bits per heavy atom. The van der Waals surface area contributed by atoms with E-state index in [4.69, 9.17) is 9.15 Å². The number of ketones is 1. The molecule has 1 unspecified atom stereocenters. The number of para-hydroxylation sites is 2. The molecule has 1 aliphatic heterocycles. The van der Waals surface area contributed by atoms with Crippen molar-refractivity contribution in [3.63, 3.8) is 0 Å². The van der Waals surface area contributed by atoms with Crippen LogP contribution in [-0.2, 0) is 19.4 Å². The maximum absolute atomic E-state index is 13.3. The highest BCUT2D eigenvalue weighted by atomic mass is 32.2. The fraction of sp³-hybridized carbons (Fsp3) is 0.625. The third kappa shape index (κ3) is 6.64. The predicted molar refractivity (Wildman–Crippen MR) is 127 cm³/mol. The number of ether oxygens (including phenoxy) is 1. The van der Waals surface area contributed by atoms with E-state index in [-0.39, 0.29) is 29.4 Å². The van der Waals surface area contributed by atoms with E-state index in [2.05, 4.69) is 15.6 Å². The molecular formula is C24H33N3O6S. The van der Waals surface area contributed by atoms with Crippen molar-refractivity contribution in [2.75, 3.05) is 24.7 Å². The van der Waals surface area contributed by atoms with Gasteiger partial charge in [-0.25, -0.2) is 13.4 Å². The Bertz CT molecular complexity index is 1070. The zero-order valence-corrected chi connectivity index (χ0v) is 20.3. The Morgan fingerprint density at radius 2 is 1.85 bits per heavy atom. The number of Topliss-reactive ketones (excluding diaryl/α,β-unsaturated/α-hetero) is 1. The maximum atomic E-state index is 13.3. The van der Waals surface area contributed by atoms with Crippen LogP contribution in [0.25, 0.3) is 11.1 Å². The van der Waals surface area contributed by atoms with Crippen molar-refractivity contribution in [2.24, 2.45) is 5.92 Å². The number of nitrogens with zero attached hydrogens (tertiary/aromatic N) is 1. The van der Waals surface area contributed by atoms with E-state index in [9.17, 15) is 18.0 Å². The van der Waals surface area contributed by atoms with Crippen LogP contribution in [0.15, 0.2) is 28.7 Å². The molecule has 0 radical (unpaired) electrons. The van der Waals surface area contributed by atoms with Gasteiger partial charge in [-0.2, -0.15) is 0 Å². The van der Waals surface area contributed by atoms with Gasteiger partial charge in [0.25, 0.3) is 5.89 Å². The lowest BCUT2D eigenvalue weighted by atomic mass is 10.1. The number of aromatic nitrogens is 1. The summed E-state index contributed by atoms with van der Waals surface area (Å²) in [5.74, 6) is -0.957. The lowest BCUT2D eigenvalue weighted by Crippen LogP contribution is -2.56. The summed E-state index contributed by atoms with van der Waals surface area (Å²) in [7, 11) is -3.42. The number of fused-ring (bicyclic) bond motifs is 1. The molecule has 2 heterocycles. The molecule has 0 bridgehead atoms. The van der Waals surface area contributed by atoms with Crippen molar-refractivity contribution in [3.8, 4) is 0 Å². The molecule has 1 aliphatic carbocycles. The summed E-state index contributed by atoms with van der Waals surface area (Å²) in [6.07, 6.45) is 4.28. The molecule has 34 heavy (non-hydrogen) atoms. The number of carbonyl (C=O) groups excluding carboxylic acids is 2. The summed E-state index contributed by atoms with van der Waals surface area (Å²) in [4.78, 5) is 30.7. The van der Waals surface area contributed by atoms with E-state index >= 15 is 0 Å². The van der Waals surface area contributed by atoms with Crippen LogP contribution in [0.4, 0.5) is 0 Å². The minimum absolute atomic E-state index is 0.0157. The minimum atomic E-state index is -3.42. The van der Waals surface area contributed by atoms with E-state index in [1.54, 1.807) is 24.3 Å². The highest BCUT2D eigenvalue weighted by Gasteiger charge is 2.35. The van der Waals surface area contributed by atoms with Crippen molar-refractivity contribution >= 4 is 32.6 Å². The van der Waals surface area contributed by atoms with Crippen LogP contribution in [0.5, 0.6) is 0 Å². The van der Waals surface area contributed by atoms with Crippen LogP contribution in [0.2, 0.25) is 0 Å². The van der Waals surface area contributed by atoms with Crippen molar-refractivity contribution in [1.29, 1.82) is 0 Å². The first-order chi connectivity index (χ1) is 16.3. The average Bonchev–Trinajstić information content (AvgIpc) is 3.51. The Labute approximate surface area is 199 Å². The SMILES string of the molecule is CCC[C@H](NC(=O)C(CS(=O)(=O)CC1CC1)NC1CCOCC1)C(=O)c1nc2ccccc2o1. The fourth-order valence-corrected chi connectivity index (χ4v) is 6.21. The standard InChI is InChI=1S/C24H33N3O6S/c1-2-5-19(22(28)24-27-18-6-3-4-7-21(18)33-24)26-23(29)20(25-17-10-12-32-13-11-17)15-34(30,31)14-16-8-9-16/h3-4,6-7,16-17,19-20,25H,2,5,8-15H2,1H3,(H,26,29)/t19-,20?/m0/s1. The summed E-state index contributed by atoms with van der Waals surface area (Å²) < 4.78 is 36.5. The number of rotatable bonds is 12. The molecule has 2 atom stereocenters. The zero-order valence-electron chi connectivity index (χ0n) is 19.5. The van der Waals surface area contributed by atoms with Crippen LogP contribution >= 0.6 is 0 Å². The first-order valence-corrected chi connectivity index (χ1v) is 13.9. The molecule has 2 aromatic rings. The quantitative estimate of drug-likeness (QED) is 0.433. The highest BCUT2D eigenvalue weighted by molar-refractivity contribution is 7.91. The van der Waals surface area contributed by atoms with Crippen LogP contribution in [0.3, 0.4) is 0 Å². The van der Waals surface area contributed by atoms with Gasteiger partial charge >= 0.3 is 0 Å². The normalized spacial score (nSPS) is 19.1. The van der Waals surface area contributed by atoms with Crippen molar-refractivity contribution in [3.05, 3.63) is 30.2 Å². The predicted octanol–water partition coefficient (Wildman–Crippen LogP) is 2.26. The highest BCUT2D eigenvalue weighted by Crippen LogP contribution is 2.30. The van der Waals surface area contributed by atoms with Gasteiger partial charge in [-0.15, -0.1) is 0 Å². The number of amides is 1. The number of sulfone groups is 1. The molecule has 2 aliphatic rings. The van der Waals surface area contributed by atoms with Crippen molar-refractivity contribution < 1.29 is 27.2 Å². The number of hydrogen-bond donors (Lipinski definition) is 2. The van der Waals surface area contributed by atoms with Gasteiger partial charge in [0.2, 0.25) is 11.7 Å². The minimum Gasteiger partial charge on any atom is -0.434 e. The van der Waals surface area contributed by atoms with Crippen molar-refractivity contribution in [2.45, 2.75) is 63.6 Å². The second-order valence-electron chi connectivity index (χ2n) is 9.33. The van der Waals surface area contributed by atoms with E-state index in [0.717, 1.165) is 12.8 Å². The van der Waals surface area contributed by atoms with Crippen LogP contribution in [0.1, 0.15) is 56.1 Å². The molecule has 10 heteroatoms. The Morgan fingerprint density at radius 1 is 1.12 bits per heavy atom. The number of benzene rings is 1. The monoisotopic (exact) mass is 491 g/mol. The molecule has 1 saturated carbocycles. The van der Waals surface area contributed by atoms with Gasteiger partial charge in [0.05, 0.1) is 17.5 Å². The number of carbonyl (C=O) groups is 2. The van der Waals surface area contributed by atoms with Gasteiger partial charge in [0, 0.05) is 19.3 Å². The molecule has 1 amide bonds. The third-order valence-electron chi connectivity index (χ3n) is 6.30. The molecule has 0 spiro atoms. The van der Waals surface area contributed by atoms with E-state index in [1.807, 2.05) is 6.92 Å². The summed E-state index contributed by atoms with van der Waals surface area (Å²) in [6.45, 7) is 3.04. The van der Waals surface area contributed by atoms with Crippen LogP contribution in [-0.4, -0.2) is 67.9 Å². The molecule has 1 aromatic heterocycles. The van der Waals surface area contributed by atoms with Gasteiger partial charge in [-0.1, -0.05) is 25.5 Å². The molecular weight excluding hydrogens is 458 g/mol. The Hall–Kier alpha value is -2.30. The third-order valence-corrected chi connectivity index (χ3v) is 8.12. The van der Waals surface area contributed by atoms with Crippen LogP contribution < -0.4 is 10.6 Å². The lowest BCUT2D eigenvalue weighted by Gasteiger charge is -2.29. The smallest absolute Gasteiger partial charge is 0.266 e. The molecule has 186 valence electrons. The molecule has 1 aromatic carbocycles. The molecule has 1 saturated heterocycles. The van der Waals surface area contributed by atoms with E-state index in [0.29, 0.717) is 50.0 Å². The van der Waals surface area contributed by atoms with Crippen LogP contribution in [0, 0.1) is 5.92 Å². The fourth-order valence-electron chi connectivity index (χ4n) is 4.27. The summed E-state index contributed by atoms with van der Waals surface area (Å²) in [6, 6.07) is 5.27. The van der Waals surface area contributed by atoms with Crippen molar-refractivity contribution in [1.82, 2.24) is 15.6 Å². The van der Waals surface area contributed by atoms with Gasteiger partial charge in [0.15, 0.2) is 15.4 Å². The zero-order chi connectivity index (χ0) is 24.1. The first kappa shape index (κ1) is 24.8. The Balaban J connectivity index is 1.49. The van der Waals surface area contributed by atoms with Gasteiger partial charge in [0.1, 0.15) is 11.6 Å². The molecule has 2 N–H and O–H groups in total. The first-order valence-electron chi connectivity index (χ1n) is 12.1. The molecule has 2 fully saturated rings. The summed E-state index contributed by atoms with van der Waals surface area (Å²) in [5.41, 5.74) is 1.07.